The third kappa shape index (κ3) is 4.02. The van der Waals surface area contributed by atoms with Gasteiger partial charge in [0.2, 0.25) is 5.91 Å². The van der Waals surface area contributed by atoms with E-state index in [2.05, 4.69) is 10.1 Å². The van der Waals surface area contributed by atoms with Gasteiger partial charge in [-0.3, -0.25) is 13.9 Å². The SMILES string of the molecule is [B]c1cc(OC(F)(F)F)cc2c1n(C)c(=O)n2CC(=O)Nc1ccc(F)cc1. The average molecular weight is 393 g/mol. The van der Waals surface area contributed by atoms with E-state index in [1.807, 2.05) is 0 Å². The molecule has 0 aliphatic rings. The summed E-state index contributed by atoms with van der Waals surface area (Å²) < 4.78 is 56.4. The molecule has 0 aliphatic carbocycles. The molecule has 3 rings (SSSR count). The van der Waals surface area contributed by atoms with Crippen molar-refractivity contribution in [2.75, 3.05) is 5.32 Å². The zero-order valence-electron chi connectivity index (χ0n) is 14.4. The first kappa shape index (κ1) is 19.5. The van der Waals surface area contributed by atoms with E-state index in [1.165, 1.54) is 19.2 Å². The number of aromatic nitrogens is 2. The van der Waals surface area contributed by atoms with Gasteiger partial charge in [-0.2, -0.15) is 0 Å². The molecule has 0 atom stereocenters. The molecule has 0 saturated heterocycles. The number of hydrogen-bond donors (Lipinski definition) is 1. The molecular formula is C17H12BF4N3O3. The Morgan fingerprint density at radius 1 is 1.21 bits per heavy atom. The van der Waals surface area contributed by atoms with Crippen molar-refractivity contribution in [2.45, 2.75) is 12.9 Å². The van der Waals surface area contributed by atoms with Gasteiger partial charge in [0.05, 0.1) is 11.0 Å². The first-order valence-corrected chi connectivity index (χ1v) is 7.85. The Hall–Kier alpha value is -3.24. The number of amides is 1. The second-order valence-electron chi connectivity index (χ2n) is 5.91. The highest BCUT2D eigenvalue weighted by Gasteiger charge is 2.31. The number of fused-ring (bicyclic) bond motifs is 1. The normalized spacial score (nSPS) is 11.6. The number of nitrogens with one attached hydrogen (secondary N) is 1. The minimum Gasteiger partial charge on any atom is -0.406 e. The van der Waals surface area contributed by atoms with Gasteiger partial charge in [0, 0.05) is 18.8 Å². The molecule has 1 heterocycles. The van der Waals surface area contributed by atoms with Crippen molar-refractivity contribution in [3.63, 3.8) is 0 Å². The summed E-state index contributed by atoms with van der Waals surface area (Å²) >= 11 is 0. The Morgan fingerprint density at radius 3 is 2.46 bits per heavy atom. The number of benzene rings is 2. The molecule has 3 aromatic rings. The molecule has 0 spiro atoms. The van der Waals surface area contributed by atoms with E-state index in [9.17, 15) is 27.2 Å². The maximum absolute atomic E-state index is 12.9. The summed E-state index contributed by atoms with van der Waals surface area (Å²) in [6, 6.07) is 6.85. The lowest BCUT2D eigenvalue weighted by atomic mass is 9.94. The molecule has 0 fully saturated rings. The number of alkyl halides is 3. The third-order valence-corrected chi connectivity index (χ3v) is 3.90. The van der Waals surface area contributed by atoms with E-state index >= 15 is 0 Å². The van der Waals surface area contributed by atoms with Crippen LogP contribution in [0.4, 0.5) is 23.2 Å². The monoisotopic (exact) mass is 393 g/mol. The summed E-state index contributed by atoms with van der Waals surface area (Å²) in [4.78, 5) is 24.7. The molecule has 144 valence electrons. The van der Waals surface area contributed by atoms with Crippen molar-refractivity contribution in [2.24, 2.45) is 7.05 Å². The van der Waals surface area contributed by atoms with Crippen LogP contribution < -0.4 is 21.2 Å². The summed E-state index contributed by atoms with van der Waals surface area (Å²) in [5.41, 5.74) is -0.315. The zero-order valence-corrected chi connectivity index (χ0v) is 14.4. The summed E-state index contributed by atoms with van der Waals surface area (Å²) in [6.45, 7) is -0.498. The van der Waals surface area contributed by atoms with Crippen LogP contribution in [0.1, 0.15) is 0 Å². The predicted octanol–water partition coefficient (Wildman–Crippen LogP) is 1.81. The fraction of sp³-hybridized carbons (Fsp3) is 0.176. The average Bonchev–Trinajstić information content (AvgIpc) is 2.80. The molecule has 0 aliphatic heterocycles. The number of rotatable bonds is 4. The van der Waals surface area contributed by atoms with Crippen LogP contribution in [0.5, 0.6) is 5.75 Å². The zero-order chi connectivity index (χ0) is 20.6. The first-order valence-electron chi connectivity index (χ1n) is 7.85. The van der Waals surface area contributed by atoms with Crippen LogP contribution in [0.15, 0.2) is 41.2 Å². The van der Waals surface area contributed by atoms with Crippen molar-refractivity contribution in [1.82, 2.24) is 9.13 Å². The topological polar surface area (TPSA) is 65.3 Å². The number of carbonyl (C=O) groups excluding carboxylic acids is 1. The number of ether oxygens (including phenoxy) is 1. The maximum Gasteiger partial charge on any atom is 0.573 e. The van der Waals surface area contributed by atoms with Crippen molar-refractivity contribution in [3.8, 4) is 5.75 Å². The highest BCUT2D eigenvalue weighted by Crippen LogP contribution is 2.25. The van der Waals surface area contributed by atoms with Crippen molar-refractivity contribution in [3.05, 3.63) is 52.7 Å². The van der Waals surface area contributed by atoms with Crippen molar-refractivity contribution >= 4 is 35.9 Å². The maximum atomic E-state index is 12.9. The molecule has 0 saturated carbocycles. The predicted molar refractivity (Wildman–Crippen MR) is 94.3 cm³/mol. The van der Waals surface area contributed by atoms with Crippen LogP contribution in [0.3, 0.4) is 0 Å². The largest absolute Gasteiger partial charge is 0.573 e. The molecule has 6 nitrogen and oxygen atoms in total. The van der Waals surface area contributed by atoms with Gasteiger partial charge in [-0.25, -0.2) is 9.18 Å². The van der Waals surface area contributed by atoms with Gasteiger partial charge in [-0.1, -0.05) is 5.46 Å². The van der Waals surface area contributed by atoms with Gasteiger partial charge >= 0.3 is 12.1 Å². The number of halogens is 4. The van der Waals surface area contributed by atoms with Crippen LogP contribution in [0.25, 0.3) is 11.0 Å². The molecule has 1 N–H and O–H groups in total. The third-order valence-electron chi connectivity index (χ3n) is 3.90. The number of anilines is 1. The second kappa shape index (κ2) is 7.06. The van der Waals surface area contributed by atoms with Crippen LogP contribution in [0.2, 0.25) is 0 Å². The molecule has 1 aromatic heterocycles. The number of nitrogens with zero attached hydrogens (tertiary/aromatic N) is 2. The van der Waals surface area contributed by atoms with Gasteiger partial charge in [0.15, 0.2) is 0 Å². The molecule has 0 unspecified atom stereocenters. The van der Waals surface area contributed by atoms with Crippen molar-refractivity contribution < 1.29 is 27.1 Å². The number of aryl methyl sites for hydroxylation is 1. The quantitative estimate of drug-likeness (QED) is 0.543. The van der Waals surface area contributed by atoms with E-state index < -0.39 is 36.1 Å². The molecule has 2 radical (unpaired) electrons. The molecular weight excluding hydrogens is 381 g/mol. The molecule has 2 aromatic carbocycles. The number of hydrogen-bond acceptors (Lipinski definition) is 3. The first-order chi connectivity index (χ1) is 13.0. The summed E-state index contributed by atoms with van der Waals surface area (Å²) in [5, 5.41) is 2.47. The number of imidazole rings is 1. The smallest absolute Gasteiger partial charge is 0.406 e. The van der Waals surface area contributed by atoms with Crippen LogP contribution in [-0.2, 0) is 18.4 Å². The van der Waals surface area contributed by atoms with Gasteiger partial charge in [0.25, 0.3) is 0 Å². The lowest BCUT2D eigenvalue weighted by molar-refractivity contribution is -0.274. The van der Waals surface area contributed by atoms with Gasteiger partial charge in [0.1, 0.15) is 26.0 Å². The lowest BCUT2D eigenvalue weighted by Gasteiger charge is -2.11. The lowest BCUT2D eigenvalue weighted by Crippen LogP contribution is -2.28. The van der Waals surface area contributed by atoms with Crippen molar-refractivity contribution in [1.29, 1.82) is 0 Å². The summed E-state index contributed by atoms with van der Waals surface area (Å²) in [6.07, 6.45) is -4.94. The van der Waals surface area contributed by atoms with Crippen LogP contribution >= 0.6 is 0 Å². The van der Waals surface area contributed by atoms with E-state index in [0.717, 1.165) is 33.4 Å². The fourth-order valence-electron chi connectivity index (χ4n) is 2.79. The van der Waals surface area contributed by atoms with Gasteiger partial charge in [-0.05, 0) is 30.3 Å². The van der Waals surface area contributed by atoms with Gasteiger partial charge < -0.3 is 10.1 Å². The van der Waals surface area contributed by atoms with Crippen LogP contribution in [0, 0.1) is 5.82 Å². The minimum absolute atomic E-state index is 0.000932. The Labute approximate surface area is 156 Å². The number of carbonyl (C=O) groups is 1. The standard InChI is InChI=1S/C17H12BF4N3O3/c1-24-15-12(18)6-11(28-17(20,21)22)7-13(15)25(16(24)27)8-14(26)23-10-4-2-9(19)3-5-10/h2-7H,8H2,1H3,(H,23,26). The highest BCUT2D eigenvalue weighted by molar-refractivity contribution is 6.38. The van der Waals surface area contributed by atoms with E-state index in [4.69, 9.17) is 7.85 Å². The summed E-state index contributed by atoms with van der Waals surface area (Å²) in [7, 11) is 7.15. The Balaban J connectivity index is 1.97. The Morgan fingerprint density at radius 2 is 1.86 bits per heavy atom. The van der Waals surface area contributed by atoms with E-state index in [0.29, 0.717) is 5.69 Å². The molecule has 28 heavy (non-hydrogen) atoms. The Kier molecular flexibility index (Phi) is 4.92. The van der Waals surface area contributed by atoms with E-state index in [1.54, 1.807) is 0 Å². The summed E-state index contributed by atoms with van der Waals surface area (Å²) in [5.74, 6) is -1.74. The Bertz CT molecular complexity index is 1100. The van der Waals surface area contributed by atoms with E-state index in [-0.39, 0.29) is 16.5 Å². The van der Waals surface area contributed by atoms with Gasteiger partial charge in [-0.15, -0.1) is 13.2 Å². The second-order valence-corrected chi connectivity index (χ2v) is 5.91. The van der Waals surface area contributed by atoms with Crippen LogP contribution in [-0.4, -0.2) is 29.3 Å². The molecule has 0 bridgehead atoms. The minimum atomic E-state index is -4.94. The highest BCUT2D eigenvalue weighted by atomic mass is 19.4. The fourth-order valence-corrected chi connectivity index (χ4v) is 2.79. The molecule has 11 heteroatoms. The molecule has 1 amide bonds.